The average molecular weight is 217 g/mol. The van der Waals surface area contributed by atoms with Crippen LogP contribution in [0.15, 0.2) is 23.5 Å². The number of piperidine rings is 1. The van der Waals surface area contributed by atoms with E-state index in [1.165, 1.54) is 5.56 Å². The molecule has 1 aliphatic heterocycles. The summed E-state index contributed by atoms with van der Waals surface area (Å²) in [6.07, 6.45) is 7.30. The number of likely N-dealkylation sites (tertiary alicyclic amines) is 1. The molecule has 1 aromatic rings. The Bertz CT molecular complexity index is 404. The molecule has 2 rings (SSSR count). The fraction of sp³-hybridized carbons (Fsp3) is 0.500. The van der Waals surface area contributed by atoms with Gasteiger partial charge in [-0.05, 0) is 50.5 Å². The van der Waals surface area contributed by atoms with Gasteiger partial charge in [-0.1, -0.05) is 0 Å². The summed E-state index contributed by atoms with van der Waals surface area (Å²) in [5, 5.41) is 0. The van der Waals surface area contributed by atoms with Crippen molar-refractivity contribution in [2.75, 3.05) is 20.1 Å². The predicted molar refractivity (Wildman–Crippen MR) is 61.5 cm³/mol. The summed E-state index contributed by atoms with van der Waals surface area (Å²) in [5.74, 6) is 0.547. The van der Waals surface area contributed by atoms with Crippen molar-refractivity contribution in [2.45, 2.75) is 18.8 Å². The lowest BCUT2D eigenvalue weighted by Gasteiger charge is -2.28. The lowest BCUT2D eigenvalue weighted by Crippen LogP contribution is -2.29. The van der Waals surface area contributed by atoms with E-state index in [0.717, 1.165) is 25.9 Å². The highest BCUT2D eigenvalue weighted by molar-refractivity contribution is 5.48. The quantitative estimate of drug-likeness (QED) is 0.561. The first-order valence-corrected chi connectivity index (χ1v) is 5.51. The molecular weight excluding hydrogens is 202 g/mol. The van der Waals surface area contributed by atoms with Crippen molar-refractivity contribution in [3.63, 3.8) is 0 Å². The first-order chi connectivity index (χ1) is 7.79. The van der Waals surface area contributed by atoms with Gasteiger partial charge in [0.15, 0.2) is 0 Å². The van der Waals surface area contributed by atoms with Crippen LogP contribution in [0.1, 0.15) is 24.3 Å². The maximum absolute atomic E-state index is 10.2. The predicted octanol–water partition coefficient (Wildman–Crippen LogP) is 1.86. The molecule has 0 N–H and O–H groups in total. The van der Waals surface area contributed by atoms with Crippen molar-refractivity contribution in [3.8, 4) is 0 Å². The lowest BCUT2D eigenvalue weighted by molar-refractivity contribution is 0.255. The number of pyridine rings is 1. The first-order valence-electron chi connectivity index (χ1n) is 5.51. The monoisotopic (exact) mass is 217 g/mol. The van der Waals surface area contributed by atoms with E-state index >= 15 is 0 Å². The zero-order valence-electron chi connectivity index (χ0n) is 9.39. The summed E-state index contributed by atoms with van der Waals surface area (Å²) in [7, 11) is 2.14. The summed E-state index contributed by atoms with van der Waals surface area (Å²) >= 11 is 0. The molecule has 2 heterocycles. The molecule has 1 aliphatic rings. The fourth-order valence-corrected chi connectivity index (χ4v) is 2.12. The zero-order valence-corrected chi connectivity index (χ0v) is 9.39. The van der Waals surface area contributed by atoms with Gasteiger partial charge in [-0.25, -0.2) is 4.79 Å². The molecule has 0 aliphatic carbocycles. The number of carbonyl (C=O) groups excluding carboxylic acids is 1. The van der Waals surface area contributed by atoms with Gasteiger partial charge in [0.05, 0.1) is 11.9 Å². The van der Waals surface area contributed by atoms with Crippen molar-refractivity contribution in [2.24, 2.45) is 4.99 Å². The number of isocyanates is 1. The van der Waals surface area contributed by atoms with Crippen LogP contribution >= 0.6 is 0 Å². The first kappa shape index (κ1) is 11.0. The van der Waals surface area contributed by atoms with Crippen LogP contribution in [0.2, 0.25) is 0 Å². The lowest BCUT2D eigenvalue weighted by atomic mass is 9.90. The van der Waals surface area contributed by atoms with Crippen LogP contribution in [-0.2, 0) is 4.79 Å². The Balaban J connectivity index is 2.14. The summed E-state index contributed by atoms with van der Waals surface area (Å²) in [6.45, 7) is 2.23. The molecule has 0 atom stereocenters. The second-order valence-electron chi connectivity index (χ2n) is 4.26. The molecule has 84 valence electrons. The van der Waals surface area contributed by atoms with Crippen LogP contribution in [0.3, 0.4) is 0 Å². The zero-order chi connectivity index (χ0) is 11.4. The summed E-state index contributed by atoms with van der Waals surface area (Å²) in [6, 6.07) is 1.94. The fourth-order valence-electron chi connectivity index (χ4n) is 2.12. The van der Waals surface area contributed by atoms with E-state index in [1.54, 1.807) is 12.3 Å². The van der Waals surface area contributed by atoms with E-state index < -0.39 is 0 Å². The highest BCUT2D eigenvalue weighted by Gasteiger charge is 2.18. The second kappa shape index (κ2) is 5.01. The normalized spacial score (nSPS) is 18.1. The highest BCUT2D eigenvalue weighted by Crippen LogP contribution is 2.28. The molecule has 0 radical (unpaired) electrons. The van der Waals surface area contributed by atoms with Gasteiger partial charge in [0.1, 0.15) is 0 Å². The Morgan fingerprint density at radius 2 is 2.19 bits per heavy atom. The summed E-state index contributed by atoms with van der Waals surface area (Å²) in [4.78, 5) is 20.2. The number of hydrogen-bond acceptors (Lipinski definition) is 4. The van der Waals surface area contributed by atoms with Crippen LogP contribution in [0.4, 0.5) is 5.69 Å². The van der Waals surface area contributed by atoms with Gasteiger partial charge < -0.3 is 4.90 Å². The number of rotatable bonds is 2. The van der Waals surface area contributed by atoms with Crippen LogP contribution in [-0.4, -0.2) is 36.1 Å². The molecule has 16 heavy (non-hydrogen) atoms. The van der Waals surface area contributed by atoms with Gasteiger partial charge in [-0.15, -0.1) is 0 Å². The second-order valence-corrected chi connectivity index (χ2v) is 4.26. The molecule has 1 saturated heterocycles. The Morgan fingerprint density at radius 1 is 1.44 bits per heavy atom. The van der Waals surface area contributed by atoms with Crippen LogP contribution < -0.4 is 0 Å². The smallest absolute Gasteiger partial charge is 0.240 e. The molecule has 0 unspecified atom stereocenters. The average Bonchev–Trinajstić information content (AvgIpc) is 2.31. The van der Waals surface area contributed by atoms with E-state index in [2.05, 4.69) is 21.9 Å². The molecule has 0 amide bonds. The van der Waals surface area contributed by atoms with Gasteiger partial charge in [0.2, 0.25) is 6.08 Å². The van der Waals surface area contributed by atoms with Crippen LogP contribution in [0.5, 0.6) is 0 Å². The molecule has 0 spiro atoms. The molecule has 4 nitrogen and oxygen atoms in total. The van der Waals surface area contributed by atoms with Gasteiger partial charge in [-0.3, -0.25) is 4.98 Å². The van der Waals surface area contributed by atoms with E-state index in [4.69, 9.17) is 0 Å². The molecule has 0 aromatic carbocycles. The molecule has 4 heteroatoms. The minimum Gasteiger partial charge on any atom is -0.306 e. The summed E-state index contributed by atoms with van der Waals surface area (Å²) in [5.41, 5.74) is 1.79. The van der Waals surface area contributed by atoms with Crippen molar-refractivity contribution >= 4 is 11.8 Å². The van der Waals surface area contributed by atoms with Crippen molar-refractivity contribution in [1.82, 2.24) is 9.88 Å². The van der Waals surface area contributed by atoms with Gasteiger partial charge in [-0.2, -0.15) is 4.99 Å². The molecule has 1 fully saturated rings. The Morgan fingerprint density at radius 3 is 2.88 bits per heavy atom. The van der Waals surface area contributed by atoms with E-state index in [9.17, 15) is 4.79 Å². The third-order valence-electron chi connectivity index (χ3n) is 3.11. The molecule has 0 bridgehead atoms. The maximum Gasteiger partial charge on any atom is 0.240 e. The van der Waals surface area contributed by atoms with Gasteiger partial charge in [0, 0.05) is 6.20 Å². The third-order valence-corrected chi connectivity index (χ3v) is 3.11. The molecule has 0 saturated carbocycles. The van der Waals surface area contributed by atoms with E-state index in [1.807, 2.05) is 12.3 Å². The Kier molecular flexibility index (Phi) is 3.44. The number of hydrogen-bond donors (Lipinski definition) is 0. The van der Waals surface area contributed by atoms with Crippen molar-refractivity contribution in [3.05, 3.63) is 24.0 Å². The Hall–Kier alpha value is -1.51. The number of aliphatic imine (C=N–C) groups is 1. The van der Waals surface area contributed by atoms with Crippen LogP contribution in [0, 0.1) is 0 Å². The van der Waals surface area contributed by atoms with E-state index in [0.29, 0.717) is 11.6 Å². The largest absolute Gasteiger partial charge is 0.306 e. The van der Waals surface area contributed by atoms with Crippen molar-refractivity contribution in [1.29, 1.82) is 0 Å². The number of nitrogens with zero attached hydrogens (tertiary/aromatic N) is 3. The Labute approximate surface area is 95.0 Å². The standard InChI is InChI=1S/C12H15N3O/c1-15-4-2-10(3-5-15)11-6-12(14-9-16)8-13-7-11/h6-8,10H,2-5H2,1H3. The third kappa shape index (κ3) is 2.54. The number of aromatic nitrogens is 1. The van der Waals surface area contributed by atoms with E-state index in [-0.39, 0.29) is 0 Å². The SMILES string of the molecule is CN1CCC(c2cncc(N=C=O)c2)CC1. The minimum atomic E-state index is 0.547. The summed E-state index contributed by atoms with van der Waals surface area (Å²) < 4.78 is 0. The van der Waals surface area contributed by atoms with Gasteiger partial charge >= 0.3 is 0 Å². The minimum absolute atomic E-state index is 0.547. The molecule has 1 aromatic heterocycles. The van der Waals surface area contributed by atoms with Crippen molar-refractivity contribution < 1.29 is 4.79 Å². The molecular formula is C12H15N3O. The highest BCUT2D eigenvalue weighted by atomic mass is 16.1. The van der Waals surface area contributed by atoms with Crippen LogP contribution in [0.25, 0.3) is 0 Å². The topological polar surface area (TPSA) is 45.6 Å². The maximum atomic E-state index is 10.2. The van der Waals surface area contributed by atoms with Gasteiger partial charge in [0.25, 0.3) is 0 Å².